The van der Waals surface area contributed by atoms with Crippen LogP contribution in [0.4, 0.5) is 0 Å². The van der Waals surface area contributed by atoms with Gasteiger partial charge in [0.05, 0.1) is 23.6 Å². The second-order valence-corrected chi connectivity index (χ2v) is 4.55. The Morgan fingerprint density at radius 2 is 2.31 bits per heavy atom. The summed E-state index contributed by atoms with van der Waals surface area (Å²) < 4.78 is 5.68. The van der Waals surface area contributed by atoms with Gasteiger partial charge in [-0.3, -0.25) is 4.79 Å². The second-order valence-electron chi connectivity index (χ2n) is 2.98. The monoisotopic (exact) mass is 349 g/mol. The third kappa shape index (κ3) is 3.09. The molecule has 1 rings (SSSR count). The zero-order valence-electron chi connectivity index (χ0n) is 8.59. The van der Waals surface area contributed by atoms with E-state index in [1.54, 1.807) is 19.1 Å². The average Bonchev–Trinajstić information content (AvgIpc) is 2.24. The Morgan fingerprint density at radius 3 is 2.88 bits per heavy atom. The first kappa shape index (κ1) is 13.3. The van der Waals surface area contributed by atoms with E-state index in [0.717, 1.165) is 3.57 Å². The predicted octanol–water partition coefficient (Wildman–Crippen LogP) is 2.92. The number of carbonyl (C=O) groups is 1. The van der Waals surface area contributed by atoms with Crippen LogP contribution in [0.2, 0.25) is 5.02 Å². The molecule has 0 saturated heterocycles. The van der Waals surface area contributed by atoms with Crippen molar-refractivity contribution in [2.24, 2.45) is 0 Å². The molecule has 5 heteroatoms. The van der Waals surface area contributed by atoms with Gasteiger partial charge in [0.2, 0.25) is 0 Å². The van der Waals surface area contributed by atoms with Gasteiger partial charge in [-0.25, -0.2) is 0 Å². The van der Waals surface area contributed by atoms with Crippen LogP contribution in [-0.4, -0.2) is 12.6 Å². The fourth-order valence-corrected chi connectivity index (χ4v) is 2.10. The van der Waals surface area contributed by atoms with Gasteiger partial charge >= 0.3 is 5.97 Å². The molecule has 16 heavy (non-hydrogen) atoms. The summed E-state index contributed by atoms with van der Waals surface area (Å²) in [6, 6.07) is 5.43. The Labute approximate surface area is 112 Å². The molecule has 0 amide bonds. The Kier molecular flexibility index (Phi) is 5.03. The van der Waals surface area contributed by atoms with Gasteiger partial charge in [0.25, 0.3) is 0 Å². The maximum Gasteiger partial charge on any atom is 0.310 e. The van der Waals surface area contributed by atoms with Crippen molar-refractivity contribution in [3.8, 4) is 6.07 Å². The highest BCUT2D eigenvalue weighted by molar-refractivity contribution is 14.1. The summed E-state index contributed by atoms with van der Waals surface area (Å²) in [5.41, 5.74) is 0.982. The lowest BCUT2D eigenvalue weighted by Gasteiger charge is -2.07. The van der Waals surface area contributed by atoms with Gasteiger partial charge in [-0.1, -0.05) is 11.6 Å². The van der Waals surface area contributed by atoms with Crippen LogP contribution in [0.15, 0.2) is 12.1 Å². The summed E-state index contributed by atoms with van der Waals surface area (Å²) in [4.78, 5) is 11.4. The first-order valence-electron chi connectivity index (χ1n) is 4.62. The van der Waals surface area contributed by atoms with Crippen LogP contribution in [0, 0.1) is 14.9 Å². The summed E-state index contributed by atoms with van der Waals surface area (Å²) in [6.45, 7) is 2.07. The van der Waals surface area contributed by atoms with E-state index < -0.39 is 0 Å². The van der Waals surface area contributed by atoms with Gasteiger partial charge in [-0.2, -0.15) is 5.26 Å². The molecule has 0 atom stereocenters. The van der Waals surface area contributed by atoms with E-state index in [1.165, 1.54) is 0 Å². The summed E-state index contributed by atoms with van der Waals surface area (Å²) >= 11 is 7.95. The highest BCUT2D eigenvalue weighted by Crippen LogP contribution is 2.24. The molecule has 0 aliphatic carbocycles. The number of nitriles is 1. The number of nitrogens with zero attached hydrogens (tertiary/aromatic N) is 1. The van der Waals surface area contributed by atoms with Crippen molar-refractivity contribution in [3.05, 3.63) is 31.9 Å². The maximum atomic E-state index is 11.4. The molecule has 0 unspecified atom stereocenters. The van der Waals surface area contributed by atoms with Crippen LogP contribution >= 0.6 is 34.2 Å². The van der Waals surface area contributed by atoms with Crippen LogP contribution in [0.25, 0.3) is 0 Å². The first-order valence-corrected chi connectivity index (χ1v) is 6.08. The molecule has 0 aromatic heterocycles. The van der Waals surface area contributed by atoms with Crippen molar-refractivity contribution >= 4 is 40.2 Å². The first-order chi connectivity index (χ1) is 7.60. The normalized spacial score (nSPS) is 9.62. The van der Waals surface area contributed by atoms with Crippen LogP contribution in [0.1, 0.15) is 18.1 Å². The lowest BCUT2D eigenvalue weighted by Crippen LogP contribution is -2.10. The highest BCUT2D eigenvalue weighted by atomic mass is 127. The maximum absolute atomic E-state index is 11.4. The minimum absolute atomic E-state index is 0.0789. The number of hydrogen-bond donors (Lipinski definition) is 0. The Balaban J connectivity index is 3.08. The SMILES string of the molecule is CCOC(=O)Cc1c(I)ccc(Cl)c1C#N. The third-order valence-electron chi connectivity index (χ3n) is 1.94. The standard InChI is InChI=1S/C11H9ClINO2/c1-2-16-11(15)5-7-8(6-14)9(12)3-4-10(7)13/h3-4H,2,5H2,1H3. The van der Waals surface area contributed by atoms with E-state index in [9.17, 15) is 4.79 Å². The molecule has 0 aliphatic rings. The zero-order valence-corrected chi connectivity index (χ0v) is 11.5. The van der Waals surface area contributed by atoms with Gasteiger partial charge in [-0.05, 0) is 47.2 Å². The zero-order chi connectivity index (χ0) is 12.1. The molecule has 0 heterocycles. The number of rotatable bonds is 3. The van der Waals surface area contributed by atoms with Crippen molar-refractivity contribution in [1.82, 2.24) is 0 Å². The van der Waals surface area contributed by atoms with Crippen molar-refractivity contribution in [2.75, 3.05) is 6.61 Å². The molecule has 0 N–H and O–H groups in total. The van der Waals surface area contributed by atoms with E-state index in [0.29, 0.717) is 22.8 Å². The Bertz CT molecular complexity index is 454. The number of halogens is 2. The van der Waals surface area contributed by atoms with Gasteiger partial charge in [0.15, 0.2) is 0 Å². The highest BCUT2D eigenvalue weighted by Gasteiger charge is 2.14. The van der Waals surface area contributed by atoms with Crippen molar-refractivity contribution in [3.63, 3.8) is 0 Å². The van der Waals surface area contributed by atoms with Gasteiger partial charge in [-0.15, -0.1) is 0 Å². The number of benzene rings is 1. The Hall–Kier alpha value is -0.800. The van der Waals surface area contributed by atoms with E-state index in [-0.39, 0.29) is 12.4 Å². The van der Waals surface area contributed by atoms with Crippen molar-refractivity contribution in [2.45, 2.75) is 13.3 Å². The fraction of sp³-hybridized carbons (Fsp3) is 0.273. The molecule has 3 nitrogen and oxygen atoms in total. The minimum Gasteiger partial charge on any atom is -0.466 e. The predicted molar refractivity (Wildman–Crippen MR) is 69.2 cm³/mol. The molecule has 0 bridgehead atoms. The molecular formula is C11H9ClINO2. The second kappa shape index (κ2) is 6.06. The van der Waals surface area contributed by atoms with Crippen LogP contribution in [0.3, 0.4) is 0 Å². The largest absolute Gasteiger partial charge is 0.466 e. The van der Waals surface area contributed by atoms with E-state index in [1.807, 2.05) is 6.07 Å². The molecule has 0 saturated carbocycles. The van der Waals surface area contributed by atoms with Crippen molar-refractivity contribution in [1.29, 1.82) is 5.26 Å². The minimum atomic E-state index is -0.348. The molecular weight excluding hydrogens is 340 g/mol. The van der Waals surface area contributed by atoms with Gasteiger partial charge in [0, 0.05) is 3.57 Å². The summed E-state index contributed by atoms with van der Waals surface area (Å²) in [5, 5.41) is 9.34. The van der Waals surface area contributed by atoms with Crippen LogP contribution in [-0.2, 0) is 16.0 Å². The Morgan fingerprint density at radius 1 is 1.62 bits per heavy atom. The summed E-state index contributed by atoms with van der Waals surface area (Å²) in [5.74, 6) is -0.348. The van der Waals surface area contributed by atoms with E-state index >= 15 is 0 Å². The van der Waals surface area contributed by atoms with Gasteiger partial charge < -0.3 is 4.74 Å². The average molecular weight is 350 g/mol. The summed E-state index contributed by atoms with van der Waals surface area (Å²) in [6.07, 6.45) is 0.0789. The van der Waals surface area contributed by atoms with Gasteiger partial charge in [0.1, 0.15) is 6.07 Å². The molecule has 0 spiro atoms. The lowest BCUT2D eigenvalue weighted by molar-refractivity contribution is -0.142. The quantitative estimate of drug-likeness (QED) is 0.623. The van der Waals surface area contributed by atoms with Crippen molar-refractivity contribution < 1.29 is 9.53 Å². The molecule has 0 aliphatic heterocycles. The van der Waals surface area contributed by atoms with Crippen LogP contribution < -0.4 is 0 Å². The molecule has 0 radical (unpaired) electrons. The molecule has 1 aromatic rings. The molecule has 1 aromatic carbocycles. The lowest BCUT2D eigenvalue weighted by atomic mass is 10.1. The number of esters is 1. The molecule has 84 valence electrons. The summed E-state index contributed by atoms with van der Waals surface area (Å²) in [7, 11) is 0. The number of hydrogen-bond acceptors (Lipinski definition) is 3. The van der Waals surface area contributed by atoms with Crippen LogP contribution in [0.5, 0.6) is 0 Å². The molecule has 0 fully saturated rings. The smallest absolute Gasteiger partial charge is 0.310 e. The fourth-order valence-electron chi connectivity index (χ4n) is 1.24. The van der Waals surface area contributed by atoms with E-state index in [4.69, 9.17) is 21.6 Å². The number of carbonyl (C=O) groups excluding carboxylic acids is 1. The number of ether oxygens (including phenoxy) is 1. The topological polar surface area (TPSA) is 50.1 Å². The van der Waals surface area contributed by atoms with E-state index in [2.05, 4.69) is 22.6 Å². The third-order valence-corrected chi connectivity index (χ3v) is 3.27.